The lowest BCUT2D eigenvalue weighted by molar-refractivity contribution is 0.00547. The summed E-state index contributed by atoms with van der Waals surface area (Å²) in [5, 5.41) is 14.0. The smallest absolute Gasteiger partial charge is 0.274 e. The maximum Gasteiger partial charge on any atom is 0.274 e. The number of fused-ring (bicyclic) bond motifs is 2. The van der Waals surface area contributed by atoms with E-state index in [1.807, 2.05) is 4.90 Å². The van der Waals surface area contributed by atoms with Crippen LogP contribution in [-0.2, 0) is 6.42 Å². The van der Waals surface area contributed by atoms with Crippen LogP contribution >= 0.6 is 0 Å². The fourth-order valence-electron chi connectivity index (χ4n) is 4.32. The normalized spacial score (nSPS) is 18.6. The van der Waals surface area contributed by atoms with Crippen molar-refractivity contribution < 1.29 is 14.3 Å². The molecule has 6 heterocycles. The molecule has 1 amide bonds. The minimum Gasteiger partial charge on any atom is -0.389 e. The van der Waals surface area contributed by atoms with E-state index < -0.39 is 6.10 Å². The summed E-state index contributed by atoms with van der Waals surface area (Å²) in [6, 6.07) is 4.34. The number of nitrogens with zero attached hydrogens (tertiary/aromatic N) is 7. The number of carbonyl (C=O) groups excluding carboxylic acids is 1. The molecule has 4 aromatic rings. The molecule has 2 N–H and O–H groups in total. The van der Waals surface area contributed by atoms with Gasteiger partial charge in [-0.15, -0.1) is 0 Å². The van der Waals surface area contributed by atoms with Crippen LogP contribution in [0.15, 0.2) is 43.1 Å². The molecule has 0 aromatic carbocycles. The first-order valence-electron chi connectivity index (χ1n) is 10.3. The van der Waals surface area contributed by atoms with Crippen LogP contribution in [0.3, 0.4) is 0 Å². The monoisotopic (exact) mass is 434 g/mol. The zero-order valence-electron chi connectivity index (χ0n) is 16.9. The number of aliphatic hydroxyl groups is 1. The van der Waals surface area contributed by atoms with Gasteiger partial charge in [0, 0.05) is 37.9 Å². The quantitative estimate of drug-likeness (QED) is 0.493. The SMILES string of the molecule is O=C(c1cnc(N2CCc3[nH]cnc3[C@H]2c2cc3c(F)cccn3n2)cn1)N1CC(O)C1. The zero-order valence-corrected chi connectivity index (χ0v) is 16.9. The molecule has 32 heavy (non-hydrogen) atoms. The van der Waals surface area contributed by atoms with Gasteiger partial charge in [-0.25, -0.2) is 23.9 Å². The lowest BCUT2D eigenvalue weighted by atomic mass is 10.00. The van der Waals surface area contributed by atoms with Gasteiger partial charge in [0.2, 0.25) is 0 Å². The van der Waals surface area contributed by atoms with Crippen LogP contribution in [0.2, 0.25) is 0 Å². The summed E-state index contributed by atoms with van der Waals surface area (Å²) in [6.45, 7) is 1.24. The molecular weight excluding hydrogens is 415 g/mol. The average Bonchev–Trinajstić information content (AvgIpc) is 3.43. The Kier molecular flexibility index (Phi) is 4.18. The number of rotatable bonds is 3. The summed E-state index contributed by atoms with van der Waals surface area (Å²) in [7, 11) is 0. The molecule has 0 saturated carbocycles. The molecule has 1 saturated heterocycles. The van der Waals surface area contributed by atoms with Crippen LogP contribution in [0.1, 0.15) is 33.6 Å². The summed E-state index contributed by atoms with van der Waals surface area (Å²) in [5.41, 5.74) is 3.05. The second kappa shape index (κ2) is 7.09. The van der Waals surface area contributed by atoms with Crippen molar-refractivity contribution in [2.45, 2.75) is 18.6 Å². The third kappa shape index (κ3) is 2.93. The number of carbonyl (C=O) groups is 1. The number of aromatic nitrogens is 6. The number of pyridine rings is 1. The van der Waals surface area contributed by atoms with E-state index in [0.717, 1.165) is 17.8 Å². The van der Waals surface area contributed by atoms with Crippen LogP contribution in [0.25, 0.3) is 5.52 Å². The van der Waals surface area contributed by atoms with Gasteiger partial charge in [0.1, 0.15) is 28.9 Å². The van der Waals surface area contributed by atoms with Crippen molar-refractivity contribution in [3.63, 3.8) is 0 Å². The average molecular weight is 434 g/mol. The predicted octanol–water partition coefficient (Wildman–Crippen LogP) is 0.955. The number of halogens is 1. The number of aromatic amines is 1. The van der Waals surface area contributed by atoms with E-state index in [1.54, 1.807) is 30.9 Å². The first-order chi connectivity index (χ1) is 15.6. The molecule has 0 unspecified atom stereocenters. The highest BCUT2D eigenvalue weighted by Gasteiger charge is 2.35. The van der Waals surface area contributed by atoms with Crippen molar-refractivity contribution >= 4 is 17.2 Å². The van der Waals surface area contributed by atoms with Crippen molar-refractivity contribution in [1.82, 2.24) is 34.4 Å². The molecule has 2 aliphatic heterocycles. The molecule has 1 atom stereocenters. The number of likely N-dealkylation sites (tertiary alicyclic amines) is 1. The van der Waals surface area contributed by atoms with E-state index in [9.17, 15) is 14.3 Å². The standard InChI is InChI=1S/C21H19FN8O2/c22-13-2-1-4-30-17(13)6-15(27-30)20-19-14(25-11-26-19)3-5-29(20)18-8-23-16(7-24-18)21(32)28-9-12(31)10-28/h1-2,4,6-8,11-12,20,31H,3,5,9-10H2,(H,25,26)/t20-/m1/s1. The minimum absolute atomic E-state index is 0.226. The Labute approximate surface area is 181 Å². The Balaban J connectivity index is 1.37. The molecule has 6 rings (SSSR count). The van der Waals surface area contributed by atoms with Gasteiger partial charge in [0.15, 0.2) is 0 Å². The molecule has 162 valence electrons. The topological polar surface area (TPSA) is 116 Å². The molecule has 1 fully saturated rings. The second-order valence-corrected chi connectivity index (χ2v) is 7.99. The third-order valence-corrected chi connectivity index (χ3v) is 5.98. The number of hydrogen-bond donors (Lipinski definition) is 2. The Morgan fingerprint density at radius 1 is 1.22 bits per heavy atom. The highest BCUT2D eigenvalue weighted by molar-refractivity contribution is 5.92. The molecule has 2 aliphatic rings. The van der Waals surface area contributed by atoms with E-state index >= 15 is 0 Å². The molecule has 0 bridgehead atoms. The van der Waals surface area contributed by atoms with Gasteiger partial charge >= 0.3 is 0 Å². The van der Waals surface area contributed by atoms with Crippen molar-refractivity contribution in [2.24, 2.45) is 0 Å². The maximum absolute atomic E-state index is 14.3. The van der Waals surface area contributed by atoms with Crippen LogP contribution in [0.4, 0.5) is 10.2 Å². The number of anilines is 1. The second-order valence-electron chi connectivity index (χ2n) is 7.99. The number of imidazole rings is 1. The lowest BCUT2D eigenvalue weighted by Crippen LogP contribution is -2.53. The minimum atomic E-state index is -0.474. The van der Waals surface area contributed by atoms with E-state index in [2.05, 4.69) is 25.0 Å². The number of nitrogens with one attached hydrogen (secondary N) is 1. The Hall–Kier alpha value is -3.86. The first-order valence-corrected chi connectivity index (χ1v) is 10.3. The molecule has 4 aromatic heterocycles. The number of hydrogen-bond acceptors (Lipinski definition) is 7. The predicted molar refractivity (Wildman–Crippen MR) is 111 cm³/mol. The fourth-order valence-corrected chi connectivity index (χ4v) is 4.32. The van der Waals surface area contributed by atoms with Crippen molar-refractivity contribution in [3.8, 4) is 0 Å². The summed E-state index contributed by atoms with van der Waals surface area (Å²) in [5.74, 6) is -0.0361. The summed E-state index contributed by atoms with van der Waals surface area (Å²) < 4.78 is 15.8. The van der Waals surface area contributed by atoms with Crippen LogP contribution in [-0.4, -0.2) is 71.2 Å². The molecule has 10 nitrogen and oxygen atoms in total. The van der Waals surface area contributed by atoms with Gasteiger partial charge in [-0.2, -0.15) is 5.10 Å². The van der Waals surface area contributed by atoms with Crippen LogP contribution in [0, 0.1) is 5.82 Å². The summed E-state index contributed by atoms with van der Waals surface area (Å²) >= 11 is 0. The molecular formula is C21H19FN8O2. The van der Waals surface area contributed by atoms with E-state index in [0.29, 0.717) is 36.7 Å². The van der Waals surface area contributed by atoms with Gasteiger partial charge in [0.05, 0.1) is 36.2 Å². The lowest BCUT2D eigenvalue weighted by Gasteiger charge is -2.36. The first kappa shape index (κ1) is 18.9. The van der Waals surface area contributed by atoms with E-state index in [-0.39, 0.29) is 23.5 Å². The Morgan fingerprint density at radius 3 is 2.84 bits per heavy atom. The number of β-amino-alcohol motifs (C(OH)–C–C–N with tert-alkyl or cyclic N) is 1. The summed E-state index contributed by atoms with van der Waals surface area (Å²) in [6.07, 6.45) is 6.60. The fraction of sp³-hybridized carbons (Fsp3) is 0.286. The molecule has 0 aliphatic carbocycles. The zero-order chi connectivity index (χ0) is 21.8. The molecule has 0 radical (unpaired) electrons. The van der Waals surface area contributed by atoms with Gasteiger partial charge < -0.3 is 19.9 Å². The van der Waals surface area contributed by atoms with Crippen molar-refractivity contribution in [3.05, 3.63) is 71.7 Å². The van der Waals surface area contributed by atoms with E-state index in [4.69, 9.17) is 0 Å². The molecule has 11 heteroatoms. The third-order valence-electron chi connectivity index (χ3n) is 5.98. The van der Waals surface area contributed by atoms with Gasteiger partial charge in [-0.1, -0.05) is 0 Å². The van der Waals surface area contributed by atoms with Crippen molar-refractivity contribution in [1.29, 1.82) is 0 Å². The van der Waals surface area contributed by atoms with Gasteiger partial charge in [0.25, 0.3) is 5.91 Å². The Morgan fingerprint density at radius 2 is 2.09 bits per heavy atom. The van der Waals surface area contributed by atoms with Gasteiger partial charge in [-0.3, -0.25) is 4.79 Å². The van der Waals surface area contributed by atoms with Gasteiger partial charge in [-0.05, 0) is 18.2 Å². The van der Waals surface area contributed by atoms with Crippen LogP contribution < -0.4 is 4.90 Å². The maximum atomic E-state index is 14.3. The largest absolute Gasteiger partial charge is 0.389 e. The van der Waals surface area contributed by atoms with Crippen molar-refractivity contribution in [2.75, 3.05) is 24.5 Å². The van der Waals surface area contributed by atoms with E-state index in [1.165, 1.54) is 21.7 Å². The number of aliphatic hydroxyl groups excluding tert-OH is 1. The number of amides is 1. The molecule has 0 spiro atoms. The summed E-state index contributed by atoms with van der Waals surface area (Å²) in [4.78, 5) is 32.5. The number of H-pyrrole nitrogens is 1. The Bertz CT molecular complexity index is 1310. The highest BCUT2D eigenvalue weighted by Crippen LogP contribution is 2.35. The van der Waals surface area contributed by atoms with Crippen LogP contribution in [0.5, 0.6) is 0 Å². The highest BCUT2D eigenvalue weighted by atomic mass is 19.1.